The van der Waals surface area contributed by atoms with Crippen LogP contribution in [0.2, 0.25) is 0 Å². The third-order valence-electron chi connectivity index (χ3n) is 7.09. The van der Waals surface area contributed by atoms with Gasteiger partial charge in [-0.25, -0.2) is 18.7 Å². The van der Waals surface area contributed by atoms with Gasteiger partial charge in [0.1, 0.15) is 23.6 Å². The summed E-state index contributed by atoms with van der Waals surface area (Å²) in [7, 11) is 1.59. The van der Waals surface area contributed by atoms with Crippen LogP contribution in [0.1, 0.15) is 54.8 Å². The number of amides is 1. The number of fused-ring (bicyclic) bond motifs is 1. The van der Waals surface area contributed by atoms with Crippen molar-refractivity contribution in [2.45, 2.75) is 45.1 Å². The lowest BCUT2D eigenvalue weighted by Gasteiger charge is -2.31. The summed E-state index contributed by atoms with van der Waals surface area (Å²) in [5.41, 5.74) is 0.633. The standard InChI is InChI=1S/C27H32F2N8O3/c1-3-5-22-33-27(40-34-22)36-11-8-18(9-12-36)37-15-20(29)23-24(30-16-31-25(23)37)32-21-7-6-17(14-19(21)28)26(39)35(2)10-4-13-38/h6-7,14-16,18,38H,3-5,8-13H2,1-2H3,(H,30,31,32). The Labute approximate surface area is 229 Å². The van der Waals surface area contributed by atoms with Crippen molar-refractivity contribution < 1.29 is 23.2 Å². The lowest BCUT2D eigenvalue weighted by Crippen LogP contribution is -2.34. The van der Waals surface area contributed by atoms with E-state index in [1.165, 1.54) is 29.6 Å². The van der Waals surface area contributed by atoms with Gasteiger partial charge < -0.3 is 29.3 Å². The summed E-state index contributed by atoms with van der Waals surface area (Å²) in [6, 6.07) is 4.54. The van der Waals surface area contributed by atoms with Gasteiger partial charge in [-0.2, -0.15) is 4.98 Å². The van der Waals surface area contributed by atoms with Gasteiger partial charge in [-0.15, -0.1) is 0 Å². The molecule has 0 aliphatic carbocycles. The maximum absolute atomic E-state index is 15.3. The van der Waals surface area contributed by atoms with Gasteiger partial charge in [0.15, 0.2) is 11.6 Å². The molecule has 1 aliphatic rings. The van der Waals surface area contributed by atoms with E-state index in [1.54, 1.807) is 7.05 Å². The fraction of sp³-hybridized carbons (Fsp3) is 0.444. The molecule has 1 aliphatic heterocycles. The van der Waals surface area contributed by atoms with E-state index < -0.39 is 11.6 Å². The van der Waals surface area contributed by atoms with E-state index >= 15 is 4.39 Å². The Bertz CT molecular complexity index is 1480. The molecule has 0 unspecified atom stereocenters. The first-order valence-electron chi connectivity index (χ1n) is 13.4. The predicted molar refractivity (Wildman–Crippen MR) is 145 cm³/mol. The molecule has 0 bridgehead atoms. The van der Waals surface area contributed by atoms with Crippen LogP contribution < -0.4 is 10.2 Å². The number of hydrogen-bond acceptors (Lipinski definition) is 9. The Kier molecular flexibility index (Phi) is 8.19. The van der Waals surface area contributed by atoms with Crippen molar-refractivity contribution in [1.82, 2.24) is 29.6 Å². The summed E-state index contributed by atoms with van der Waals surface area (Å²) in [4.78, 5) is 29.0. The fourth-order valence-corrected chi connectivity index (χ4v) is 4.95. The second kappa shape index (κ2) is 11.9. The van der Waals surface area contributed by atoms with Crippen molar-refractivity contribution in [2.24, 2.45) is 0 Å². The summed E-state index contributed by atoms with van der Waals surface area (Å²) < 4.78 is 37.5. The van der Waals surface area contributed by atoms with E-state index in [1.807, 2.05) is 9.47 Å². The number of rotatable bonds is 10. The van der Waals surface area contributed by atoms with Crippen LogP contribution in [-0.4, -0.2) is 73.9 Å². The van der Waals surface area contributed by atoms with Crippen LogP contribution in [0.4, 0.5) is 26.3 Å². The maximum Gasteiger partial charge on any atom is 0.324 e. The number of carbonyl (C=O) groups excluding carboxylic acids is 1. The highest BCUT2D eigenvalue weighted by Gasteiger charge is 2.27. The Hall–Kier alpha value is -4.13. The van der Waals surface area contributed by atoms with Crippen molar-refractivity contribution in [1.29, 1.82) is 0 Å². The number of carbonyl (C=O) groups is 1. The first-order chi connectivity index (χ1) is 19.4. The molecule has 11 nitrogen and oxygen atoms in total. The van der Waals surface area contributed by atoms with Crippen molar-refractivity contribution in [3.63, 3.8) is 0 Å². The summed E-state index contributed by atoms with van der Waals surface area (Å²) >= 11 is 0. The van der Waals surface area contributed by atoms with E-state index in [4.69, 9.17) is 9.63 Å². The highest BCUT2D eigenvalue weighted by atomic mass is 19.1. The third kappa shape index (κ3) is 5.60. The van der Waals surface area contributed by atoms with Crippen LogP contribution in [0.25, 0.3) is 11.0 Å². The molecule has 1 amide bonds. The van der Waals surface area contributed by atoms with E-state index in [-0.39, 0.29) is 41.0 Å². The number of aliphatic hydroxyl groups excluding tert-OH is 1. The number of nitrogens with zero attached hydrogens (tertiary/aromatic N) is 7. The molecule has 0 radical (unpaired) electrons. The molecule has 5 rings (SSSR count). The average Bonchev–Trinajstić information content (AvgIpc) is 3.57. The Morgan fingerprint density at radius 3 is 2.75 bits per heavy atom. The molecule has 1 saturated heterocycles. The minimum absolute atomic E-state index is 0.00566. The molecule has 1 aromatic carbocycles. The van der Waals surface area contributed by atoms with Crippen molar-refractivity contribution >= 4 is 34.5 Å². The zero-order chi connectivity index (χ0) is 28.2. The van der Waals surface area contributed by atoms with E-state index in [0.717, 1.165) is 31.7 Å². The van der Waals surface area contributed by atoms with Crippen LogP contribution >= 0.6 is 0 Å². The smallest absolute Gasteiger partial charge is 0.324 e. The normalized spacial score (nSPS) is 14.2. The molecule has 0 spiro atoms. The van der Waals surface area contributed by atoms with Crippen molar-refractivity contribution in [3.05, 3.63) is 53.7 Å². The second-order valence-electron chi connectivity index (χ2n) is 9.89. The molecule has 1 fully saturated rings. The average molecular weight is 555 g/mol. The molecule has 4 aromatic rings. The van der Waals surface area contributed by atoms with Gasteiger partial charge in [0, 0.05) is 57.5 Å². The largest absolute Gasteiger partial charge is 0.396 e. The number of aromatic nitrogens is 5. The zero-order valence-electron chi connectivity index (χ0n) is 22.5. The van der Waals surface area contributed by atoms with Gasteiger partial charge in [-0.05, 0) is 43.9 Å². The minimum atomic E-state index is -0.677. The third-order valence-corrected chi connectivity index (χ3v) is 7.09. The van der Waals surface area contributed by atoms with Gasteiger partial charge in [0.25, 0.3) is 5.91 Å². The molecule has 2 N–H and O–H groups in total. The zero-order valence-corrected chi connectivity index (χ0v) is 22.5. The first kappa shape index (κ1) is 27.4. The number of aryl methyl sites for hydroxylation is 1. The Morgan fingerprint density at radius 2 is 2.02 bits per heavy atom. The summed E-state index contributed by atoms with van der Waals surface area (Å²) in [5.74, 6) is -0.732. The topological polar surface area (TPSA) is 125 Å². The molecular formula is C27H32F2N8O3. The highest BCUT2D eigenvalue weighted by Crippen LogP contribution is 2.33. The van der Waals surface area contributed by atoms with Crippen molar-refractivity contribution in [3.8, 4) is 0 Å². The number of nitrogens with one attached hydrogen (secondary N) is 1. The SMILES string of the molecule is CCCc1noc(N2CCC(n3cc(F)c4c(Nc5ccc(C(=O)N(C)CCCO)cc5F)ncnc43)CC2)n1. The van der Waals surface area contributed by atoms with Gasteiger partial charge in [-0.1, -0.05) is 12.1 Å². The number of aliphatic hydroxyl groups is 1. The van der Waals surface area contributed by atoms with Gasteiger partial charge in [0.05, 0.1) is 11.1 Å². The lowest BCUT2D eigenvalue weighted by atomic mass is 10.1. The van der Waals surface area contributed by atoms with E-state index in [0.29, 0.717) is 43.5 Å². The number of halogens is 2. The number of hydrogen-bond donors (Lipinski definition) is 2. The Balaban J connectivity index is 1.31. The van der Waals surface area contributed by atoms with Crippen LogP contribution in [0, 0.1) is 11.6 Å². The number of benzene rings is 1. The van der Waals surface area contributed by atoms with Crippen LogP contribution in [0.15, 0.2) is 35.2 Å². The van der Waals surface area contributed by atoms with Crippen LogP contribution in [0.3, 0.4) is 0 Å². The molecule has 4 heterocycles. The minimum Gasteiger partial charge on any atom is -0.396 e. The monoisotopic (exact) mass is 554 g/mol. The summed E-state index contributed by atoms with van der Waals surface area (Å²) in [6.07, 6.45) is 6.30. The van der Waals surface area contributed by atoms with Gasteiger partial charge >= 0.3 is 6.01 Å². The van der Waals surface area contributed by atoms with E-state index in [9.17, 15) is 9.18 Å². The predicted octanol–water partition coefficient (Wildman–Crippen LogP) is 4.08. The van der Waals surface area contributed by atoms with Gasteiger partial charge in [-0.3, -0.25) is 4.79 Å². The van der Waals surface area contributed by atoms with E-state index in [2.05, 4.69) is 32.3 Å². The van der Waals surface area contributed by atoms with Crippen LogP contribution in [-0.2, 0) is 6.42 Å². The molecule has 40 heavy (non-hydrogen) atoms. The number of anilines is 3. The lowest BCUT2D eigenvalue weighted by molar-refractivity contribution is 0.0786. The molecule has 3 aromatic heterocycles. The molecule has 0 atom stereocenters. The molecule has 212 valence electrons. The molecule has 13 heteroatoms. The maximum atomic E-state index is 15.3. The summed E-state index contributed by atoms with van der Waals surface area (Å²) in [5, 5.41) is 16.0. The number of piperidine rings is 1. The second-order valence-corrected chi connectivity index (χ2v) is 9.89. The Morgan fingerprint density at radius 1 is 1.23 bits per heavy atom. The quantitative estimate of drug-likeness (QED) is 0.298. The molecular weight excluding hydrogens is 522 g/mol. The molecule has 0 saturated carbocycles. The fourth-order valence-electron chi connectivity index (χ4n) is 4.95. The first-order valence-corrected chi connectivity index (χ1v) is 13.4. The summed E-state index contributed by atoms with van der Waals surface area (Å²) in [6.45, 7) is 3.70. The van der Waals surface area contributed by atoms with Crippen molar-refractivity contribution in [2.75, 3.05) is 43.5 Å². The van der Waals surface area contributed by atoms with Crippen LogP contribution in [0.5, 0.6) is 0 Å². The highest BCUT2D eigenvalue weighted by molar-refractivity contribution is 5.95. The van der Waals surface area contributed by atoms with Gasteiger partial charge in [0.2, 0.25) is 0 Å².